The van der Waals surface area contributed by atoms with Crippen LogP contribution in [0.5, 0.6) is 0 Å². The van der Waals surface area contributed by atoms with Gasteiger partial charge >= 0.3 is 0 Å². The summed E-state index contributed by atoms with van der Waals surface area (Å²) in [5.41, 5.74) is 0.458. The molecule has 2 N–H and O–H groups in total. The van der Waals surface area contributed by atoms with Crippen LogP contribution in [0.1, 0.15) is 32.6 Å². The number of non-ortho nitro benzene ring substituents is 1. The van der Waals surface area contributed by atoms with Crippen LogP contribution in [0, 0.1) is 16.0 Å². The number of nitro benzene ring substituents is 1. The van der Waals surface area contributed by atoms with Crippen molar-refractivity contribution in [1.29, 1.82) is 0 Å². The smallest absolute Gasteiger partial charge is 0.269 e. The maximum Gasteiger partial charge on any atom is 0.269 e. The number of carbonyl (C=O) groups excluding carboxylic acids is 2. The van der Waals surface area contributed by atoms with Crippen molar-refractivity contribution in [2.24, 2.45) is 5.92 Å². The minimum atomic E-state index is -0.494. The third-order valence-electron chi connectivity index (χ3n) is 3.48. The quantitative estimate of drug-likeness (QED) is 0.392. The number of nitro groups is 1. The second-order valence-electron chi connectivity index (χ2n) is 5.50. The molecule has 0 fully saturated rings. The normalized spacial score (nSPS) is 11.7. The van der Waals surface area contributed by atoms with Crippen LogP contribution in [0.3, 0.4) is 0 Å². The van der Waals surface area contributed by atoms with E-state index in [0.717, 1.165) is 19.4 Å². The fraction of sp³-hybridized carbons (Fsp3) is 0.500. The summed E-state index contributed by atoms with van der Waals surface area (Å²) in [6.45, 7) is 2.34. The lowest BCUT2D eigenvalue weighted by molar-refractivity contribution is -0.384. The highest BCUT2D eigenvalue weighted by Crippen LogP contribution is 2.19. The summed E-state index contributed by atoms with van der Waals surface area (Å²) in [4.78, 5) is 33.8. The van der Waals surface area contributed by atoms with Crippen molar-refractivity contribution in [1.82, 2.24) is 5.32 Å². The lowest BCUT2D eigenvalue weighted by Crippen LogP contribution is -2.25. The Balaban J connectivity index is 2.64. The molecule has 0 bridgehead atoms. The van der Waals surface area contributed by atoms with Crippen LogP contribution in [-0.4, -0.2) is 30.2 Å². The highest BCUT2D eigenvalue weighted by molar-refractivity contribution is 5.95. The van der Waals surface area contributed by atoms with Gasteiger partial charge in [0.05, 0.1) is 4.92 Å². The molecular weight excluding hydrogens is 298 g/mol. The van der Waals surface area contributed by atoms with Gasteiger partial charge in [-0.2, -0.15) is 0 Å². The molecule has 0 aliphatic carbocycles. The molecule has 1 aromatic carbocycles. The van der Waals surface area contributed by atoms with Crippen molar-refractivity contribution >= 4 is 23.1 Å². The molecule has 23 heavy (non-hydrogen) atoms. The zero-order valence-electron chi connectivity index (χ0n) is 13.5. The Morgan fingerprint density at radius 2 is 1.87 bits per heavy atom. The molecule has 1 amide bonds. The van der Waals surface area contributed by atoms with E-state index in [1.54, 1.807) is 0 Å². The monoisotopic (exact) mass is 321 g/mol. The fourth-order valence-corrected chi connectivity index (χ4v) is 2.28. The number of hydrogen-bond donors (Lipinski definition) is 2. The van der Waals surface area contributed by atoms with Crippen LogP contribution in [0.2, 0.25) is 0 Å². The van der Waals surface area contributed by atoms with Crippen LogP contribution in [0.15, 0.2) is 24.3 Å². The van der Waals surface area contributed by atoms with E-state index in [1.807, 2.05) is 7.05 Å². The first-order valence-corrected chi connectivity index (χ1v) is 7.63. The van der Waals surface area contributed by atoms with E-state index in [4.69, 9.17) is 0 Å². The van der Waals surface area contributed by atoms with Gasteiger partial charge in [-0.3, -0.25) is 14.9 Å². The van der Waals surface area contributed by atoms with Gasteiger partial charge < -0.3 is 15.4 Å². The third kappa shape index (κ3) is 7.01. The molecule has 7 nitrogen and oxygen atoms in total. The van der Waals surface area contributed by atoms with E-state index in [2.05, 4.69) is 10.6 Å². The molecule has 1 aromatic rings. The number of amides is 1. The lowest BCUT2D eigenvalue weighted by Gasteiger charge is -2.15. The number of unbranched alkanes of at least 4 members (excludes halogenated alkanes) is 1. The van der Waals surface area contributed by atoms with E-state index in [1.165, 1.54) is 31.2 Å². The standard InChI is InChI=1S/C16H23N3O4/c1-12(20)11-13(5-3-4-10-17-2)16(21)18-14-6-8-15(9-7-14)19(22)23/h6-9,13,17H,3-5,10-11H2,1-2H3,(H,18,21)/t13-/m1/s1. The Morgan fingerprint density at radius 1 is 1.22 bits per heavy atom. The van der Waals surface area contributed by atoms with E-state index in [-0.39, 0.29) is 29.7 Å². The minimum Gasteiger partial charge on any atom is -0.326 e. The molecule has 1 rings (SSSR count). The average molecular weight is 321 g/mol. The number of benzene rings is 1. The lowest BCUT2D eigenvalue weighted by atomic mass is 9.95. The predicted molar refractivity (Wildman–Crippen MR) is 88.3 cm³/mol. The Hall–Kier alpha value is -2.28. The molecule has 0 saturated carbocycles. The highest BCUT2D eigenvalue weighted by Gasteiger charge is 2.20. The zero-order chi connectivity index (χ0) is 17.2. The Kier molecular flexibility index (Phi) is 7.90. The summed E-state index contributed by atoms with van der Waals surface area (Å²) in [6, 6.07) is 5.65. The van der Waals surface area contributed by atoms with E-state index >= 15 is 0 Å². The largest absolute Gasteiger partial charge is 0.326 e. The van der Waals surface area contributed by atoms with Gasteiger partial charge in [0.2, 0.25) is 5.91 Å². The summed E-state index contributed by atoms with van der Waals surface area (Å²) < 4.78 is 0. The molecule has 7 heteroatoms. The number of ketones is 1. The molecule has 0 saturated heterocycles. The summed E-state index contributed by atoms with van der Waals surface area (Å²) in [5.74, 6) is -0.625. The second kappa shape index (κ2) is 9.68. The first-order valence-electron chi connectivity index (χ1n) is 7.63. The molecule has 0 aliphatic rings. The molecule has 0 unspecified atom stereocenters. The number of rotatable bonds is 10. The summed E-state index contributed by atoms with van der Waals surface area (Å²) in [6.07, 6.45) is 2.64. The molecule has 0 spiro atoms. The van der Waals surface area contributed by atoms with Gasteiger partial charge in [-0.05, 0) is 45.5 Å². The number of Topliss-reactive ketones (excluding diaryl/α,β-unsaturated/α-hetero) is 1. The third-order valence-corrected chi connectivity index (χ3v) is 3.48. The van der Waals surface area contributed by atoms with E-state index < -0.39 is 4.92 Å². The second-order valence-corrected chi connectivity index (χ2v) is 5.50. The SMILES string of the molecule is CNCCCC[C@H](CC(C)=O)C(=O)Nc1ccc([N+](=O)[O-])cc1. The van der Waals surface area contributed by atoms with Gasteiger partial charge in [-0.15, -0.1) is 0 Å². The number of nitrogens with zero attached hydrogens (tertiary/aromatic N) is 1. The molecule has 1 atom stereocenters. The average Bonchev–Trinajstić information content (AvgIpc) is 2.50. The summed E-state index contributed by atoms with van der Waals surface area (Å²) >= 11 is 0. The van der Waals surface area contributed by atoms with E-state index in [0.29, 0.717) is 12.1 Å². The van der Waals surface area contributed by atoms with Crippen molar-refractivity contribution in [3.63, 3.8) is 0 Å². The van der Waals surface area contributed by atoms with Crippen LogP contribution < -0.4 is 10.6 Å². The number of anilines is 1. The van der Waals surface area contributed by atoms with E-state index in [9.17, 15) is 19.7 Å². The van der Waals surface area contributed by atoms with Crippen molar-refractivity contribution in [3.05, 3.63) is 34.4 Å². The van der Waals surface area contributed by atoms with Gasteiger partial charge in [0.1, 0.15) is 5.78 Å². The zero-order valence-corrected chi connectivity index (χ0v) is 13.5. The van der Waals surface area contributed by atoms with Gasteiger partial charge in [0.25, 0.3) is 5.69 Å². The predicted octanol–water partition coefficient (Wildman–Crippen LogP) is 2.52. The van der Waals surface area contributed by atoms with Crippen molar-refractivity contribution in [2.45, 2.75) is 32.6 Å². The van der Waals surface area contributed by atoms with Crippen LogP contribution in [-0.2, 0) is 9.59 Å². The van der Waals surface area contributed by atoms with Gasteiger partial charge in [0, 0.05) is 30.2 Å². The van der Waals surface area contributed by atoms with Crippen molar-refractivity contribution < 1.29 is 14.5 Å². The fourth-order valence-electron chi connectivity index (χ4n) is 2.28. The number of nitrogens with one attached hydrogen (secondary N) is 2. The number of hydrogen-bond acceptors (Lipinski definition) is 5. The maximum atomic E-state index is 12.3. The first kappa shape index (κ1) is 18.8. The summed E-state index contributed by atoms with van der Waals surface area (Å²) in [5, 5.41) is 16.4. The minimum absolute atomic E-state index is 0.0255. The van der Waals surface area contributed by atoms with Crippen LogP contribution in [0.4, 0.5) is 11.4 Å². The molecule has 0 radical (unpaired) electrons. The van der Waals surface area contributed by atoms with Gasteiger partial charge in [-0.1, -0.05) is 6.42 Å². The topological polar surface area (TPSA) is 101 Å². The van der Waals surface area contributed by atoms with Gasteiger partial charge in [0.15, 0.2) is 0 Å². The maximum absolute atomic E-state index is 12.3. The Morgan fingerprint density at radius 3 is 2.39 bits per heavy atom. The van der Waals surface area contributed by atoms with Gasteiger partial charge in [-0.25, -0.2) is 0 Å². The molecule has 126 valence electrons. The van der Waals surface area contributed by atoms with Crippen molar-refractivity contribution in [2.75, 3.05) is 18.9 Å². The molecular formula is C16H23N3O4. The number of carbonyl (C=O) groups is 2. The molecule has 0 aromatic heterocycles. The van der Waals surface area contributed by atoms with Crippen LogP contribution in [0.25, 0.3) is 0 Å². The Labute approximate surface area is 135 Å². The van der Waals surface area contributed by atoms with Crippen LogP contribution >= 0.6 is 0 Å². The Bertz CT molecular complexity index is 543. The highest BCUT2D eigenvalue weighted by atomic mass is 16.6. The molecule has 0 aliphatic heterocycles. The van der Waals surface area contributed by atoms with Crippen molar-refractivity contribution in [3.8, 4) is 0 Å². The summed E-state index contributed by atoms with van der Waals surface area (Å²) in [7, 11) is 1.87. The molecule has 0 heterocycles. The first-order chi connectivity index (χ1) is 10.9.